The van der Waals surface area contributed by atoms with Crippen LogP contribution in [0.2, 0.25) is 0 Å². The predicted molar refractivity (Wildman–Crippen MR) is 90.5 cm³/mol. The lowest BCUT2D eigenvalue weighted by Crippen LogP contribution is -2.18. The average molecular weight is 369 g/mol. The predicted octanol–water partition coefficient (Wildman–Crippen LogP) is 3.54. The van der Waals surface area contributed by atoms with Gasteiger partial charge in [-0.25, -0.2) is 4.68 Å². The Morgan fingerprint density at radius 3 is 2.90 bits per heavy atom. The highest BCUT2D eigenvalue weighted by atomic mass is 79.9. The van der Waals surface area contributed by atoms with E-state index in [0.29, 0.717) is 17.3 Å². The molecule has 3 N–H and O–H groups in total. The lowest BCUT2D eigenvalue weighted by atomic mass is 10.3. The first-order valence-electron chi connectivity index (χ1n) is 6.48. The van der Waals surface area contributed by atoms with E-state index in [1.807, 2.05) is 32.0 Å². The standard InChI is InChI=1S/C14H17BrN4OS/c1-9(2)19-13(5-6-17-19)18-14(20)8-21-12-4-3-10(16)7-11(12)15/h3-7,9H,8,16H2,1-2H3,(H,18,20). The molecule has 0 spiro atoms. The topological polar surface area (TPSA) is 72.9 Å². The highest BCUT2D eigenvalue weighted by Crippen LogP contribution is 2.29. The number of anilines is 2. The molecule has 1 heterocycles. The molecule has 0 aliphatic heterocycles. The van der Waals surface area contributed by atoms with E-state index in [0.717, 1.165) is 9.37 Å². The van der Waals surface area contributed by atoms with Crippen molar-refractivity contribution in [3.63, 3.8) is 0 Å². The summed E-state index contributed by atoms with van der Waals surface area (Å²) >= 11 is 4.90. The zero-order valence-corrected chi connectivity index (χ0v) is 14.2. The molecule has 1 aromatic carbocycles. The number of aromatic nitrogens is 2. The number of nitrogens with two attached hydrogens (primary N) is 1. The number of hydrogen-bond donors (Lipinski definition) is 2. The van der Waals surface area contributed by atoms with Crippen LogP contribution < -0.4 is 11.1 Å². The van der Waals surface area contributed by atoms with Crippen LogP contribution in [0.15, 0.2) is 39.8 Å². The summed E-state index contributed by atoms with van der Waals surface area (Å²) in [5.74, 6) is 0.976. The van der Waals surface area contributed by atoms with Gasteiger partial charge in [-0.05, 0) is 48.0 Å². The molecular weight excluding hydrogens is 352 g/mol. The van der Waals surface area contributed by atoms with Crippen molar-refractivity contribution in [2.75, 3.05) is 16.8 Å². The molecule has 0 radical (unpaired) electrons. The number of thioether (sulfide) groups is 1. The van der Waals surface area contributed by atoms with Crippen molar-refractivity contribution >= 4 is 45.1 Å². The first-order chi connectivity index (χ1) is 9.97. The van der Waals surface area contributed by atoms with Gasteiger partial charge in [0.25, 0.3) is 0 Å². The summed E-state index contributed by atoms with van der Waals surface area (Å²) in [6, 6.07) is 7.54. The van der Waals surface area contributed by atoms with Gasteiger partial charge in [0.15, 0.2) is 0 Å². The number of carbonyl (C=O) groups is 1. The van der Waals surface area contributed by atoms with Crippen molar-refractivity contribution in [3.8, 4) is 0 Å². The van der Waals surface area contributed by atoms with Crippen molar-refractivity contribution in [3.05, 3.63) is 34.9 Å². The summed E-state index contributed by atoms with van der Waals surface area (Å²) in [6.45, 7) is 4.03. The van der Waals surface area contributed by atoms with Gasteiger partial charge in [-0.2, -0.15) is 5.10 Å². The molecule has 0 saturated carbocycles. The molecule has 1 aromatic heterocycles. The minimum atomic E-state index is -0.0638. The van der Waals surface area contributed by atoms with E-state index < -0.39 is 0 Å². The molecule has 0 aliphatic carbocycles. The number of rotatable bonds is 5. The van der Waals surface area contributed by atoms with Crippen LogP contribution in [-0.2, 0) is 4.79 Å². The first kappa shape index (κ1) is 15.9. The van der Waals surface area contributed by atoms with Crippen molar-refractivity contribution in [2.24, 2.45) is 0 Å². The monoisotopic (exact) mass is 368 g/mol. The zero-order chi connectivity index (χ0) is 15.4. The van der Waals surface area contributed by atoms with Crippen LogP contribution in [-0.4, -0.2) is 21.4 Å². The average Bonchev–Trinajstić information content (AvgIpc) is 2.86. The van der Waals surface area contributed by atoms with Crippen molar-refractivity contribution < 1.29 is 4.79 Å². The van der Waals surface area contributed by atoms with Crippen molar-refractivity contribution in [2.45, 2.75) is 24.8 Å². The smallest absolute Gasteiger partial charge is 0.235 e. The highest BCUT2D eigenvalue weighted by Gasteiger charge is 2.10. The number of nitrogens with one attached hydrogen (secondary N) is 1. The molecular formula is C14H17BrN4OS. The Hall–Kier alpha value is -1.47. The molecule has 7 heteroatoms. The number of halogens is 1. The van der Waals surface area contributed by atoms with Crippen LogP contribution in [0.25, 0.3) is 0 Å². The summed E-state index contributed by atoms with van der Waals surface area (Å²) in [7, 11) is 0. The summed E-state index contributed by atoms with van der Waals surface area (Å²) in [5, 5.41) is 7.06. The van der Waals surface area contributed by atoms with Crippen LogP contribution in [0.3, 0.4) is 0 Å². The third-order valence-electron chi connectivity index (χ3n) is 2.74. The fourth-order valence-electron chi connectivity index (χ4n) is 1.78. The quantitative estimate of drug-likeness (QED) is 0.625. The first-order valence-corrected chi connectivity index (χ1v) is 8.26. The van der Waals surface area contributed by atoms with Gasteiger partial charge in [0.05, 0.1) is 11.9 Å². The number of benzene rings is 1. The Labute approximate surface area is 136 Å². The van der Waals surface area contributed by atoms with Gasteiger partial charge in [0.2, 0.25) is 5.91 Å². The lowest BCUT2D eigenvalue weighted by molar-refractivity contribution is -0.113. The second-order valence-corrected chi connectivity index (χ2v) is 6.65. The largest absolute Gasteiger partial charge is 0.399 e. The second kappa shape index (κ2) is 7.00. The van der Waals surface area contributed by atoms with Gasteiger partial charge >= 0.3 is 0 Å². The van der Waals surface area contributed by atoms with E-state index in [4.69, 9.17) is 5.73 Å². The van der Waals surface area contributed by atoms with Crippen molar-refractivity contribution in [1.29, 1.82) is 0 Å². The summed E-state index contributed by atoms with van der Waals surface area (Å²) in [6.07, 6.45) is 1.68. The number of hydrogen-bond acceptors (Lipinski definition) is 4. The van der Waals surface area contributed by atoms with E-state index in [1.54, 1.807) is 16.9 Å². The van der Waals surface area contributed by atoms with E-state index >= 15 is 0 Å². The zero-order valence-electron chi connectivity index (χ0n) is 11.8. The maximum absolute atomic E-state index is 12.0. The molecule has 2 rings (SSSR count). The Morgan fingerprint density at radius 2 is 2.24 bits per heavy atom. The maximum atomic E-state index is 12.0. The fraction of sp³-hybridized carbons (Fsp3) is 0.286. The number of nitrogens with zero attached hydrogens (tertiary/aromatic N) is 2. The van der Waals surface area contributed by atoms with Crippen molar-refractivity contribution in [1.82, 2.24) is 9.78 Å². The highest BCUT2D eigenvalue weighted by molar-refractivity contribution is 9.10. The molecule has 0 fully saturated rings. The number of nitrogen functional groups attached to an aromatic ring is 1. The molecule has 0 unspecified atom stereocenters. The van der Waals surface area contributed by atoms with Crippen LogP contribution >= 0.6 is 27.7 Å². The van der Waals surface area contributed by atoms with Gasteiger partial charge in [0.1, 0.15) is 5.82 Å². The molecule has 112 valence electrons. The molecule has 1 amide bonds. The normalized spacial score (nSPS) is 10.9. The third-order valence-corrected chi connectivity index (χ3v) is 4.73. The van der Waals surface area contributed by atoms with Gasteiger partial charge < -0.3 is 11.1 Å². The molecule has 5 nitrogen and oxygen atoms in total. The van der Waals surface area contributed by atoms with Gasteiger partial charge in [-0.3, -0.25) is 4.79 Å². The molecule has 21 heavy (non-hydrogen) atoms. The van der Waals surface area contributed by atoms with Gasteiger partial charge in [-0.1, -0.05) is 0 Å². The minimum Gasteiger partial charge on any atom is -0.399 e. The van der Waals surface area contributed by atoms with Crippen LogP contribution in [0.1, 0.15) is 19.9 Å². The Kier molecular flexibility index (Phi) is 5.30. The van der Waals surface area contributed by atoms with Crippen LogP contribution in [0.4, 0.5) is 11.5 Å². The Bertz CT molecular complexity index is 642. The number of carbonyl (C=O) groups excluding carboxylic acids is 1. The molecule has 0 saturated heterocycles. The van der Waals surface area contributed by atoms with E-state index in [9.17, 15) is 4.79 Å². The summed E-state index contributed by atoms with van der Waals surface area (Å²) < 4.78 is 2.68. The Morgan fingerprint density at radius 1 is 1.48 bits per heavy atom. The minimum absolute atomic E-state index is 0.0638. The third kappa shape index (κ3) is 4.25. The fourth-order valence-corrected chi connectivity index (χ4v) is 3.24. The molecule has 0 aliphatic rings. The molecule has 0 atom stereocenters. The van der Waals surface area contributed by atoms with Gasteiger partial charge in [0, 0.05) is 27.2 Å². The second-order valence-electron chi connectivity index (χ2n) is 4.78. The van der Waals surface area contributed by atoms with E-state index in [-0.39, 0.29) is 11.9 Å². The molecule has 2 aromatic rings. The van der Waals surface area contributed by atoms with E-state index in [2.05, 4.69) is 26.3 Å². The lowest BCUT2D eigenvalue weighted by Gasteiger charge is -2.11. The molecule has 0 bridgehead atoms. The van der Waals surface area contributed by atoms with E-state index in [1.165, 1.54) is 11.8 Å². The van der Waals surface area contributed by atoms with Gasteiger partial charge in [-0.15, -0.1) is 11.8 Å². The SMILES string of the molecule is CC(C)n1nccc1NC(=O)CSc1ccc(N)cc1Br. The van der Waals surface area contributed by atoms with Crippen LogP contribution in [0.5, 0.6) is 0 Å². The summed E-state index contributed by atoms with van der Waals surface area (Å²) in [5.41, 5.74) is 6.38. The Balaban J connectivity index is 1.94. The van der Waals surface area contributed by atoms with Crippen LogP contribution in [0, 0.1) is 0 Å². The summed E-state index contributed by atoms with van der Waals surface area (Å²) in [4.78, 5) is 13.0. The number of amides is 1. The maximum Gasteiger partial charge on any atom is 0.235 e.